The van der Waals surface area contributed by atoms with Crippen molar-refractivity contribution < 1.29 is 28.6 Å². The first-order valence-electron chi connectivity index (χ1n) is 32.7. The van der Waals surface area contributed by atoms with Crippen molar-refractivity contribution in [1.82, 2.24) is 0 Å². The third kappa shape index (κ3) is 64.3. The zero-order chi connectivity index (χ0) is 57.1. The minimum Gasteiger partial charge on any atom is -0.462 e. The second-order valence-corrected chi connectivity index (χ2v) is 21.3. The van der Waals surface area contributed by atoms with Crippen molar-refractivity contribution in [3.8, 4) is 0 Å². The normalized spacial score (nSPS) is 13.0. The highest BCUT2D eigenvalue weighted by molar-refractivity contribution is 5.71. The molecule has 448 valence electrons. The van der Waals surface area contributed by atoms with Gasteiger partial charge in [-0.2, -0.15) is 0 Å². The maximum atomic E-state index is 12.9. The molecule has 0 spiro atoms. The number of hydrogen-bond donors (Lipinski definition) is 0. The standard InChI is InChI=1S/C73H120O6/c1-4-7-10-13-16-19-22-25-28-31-33-35-36-38-39-42-45-48-51-54-57-60-63-66-72(75)78-69-70(68-77-71(74)65-62-59-56-53-50-47-44-41-30-27-24-21-18-15-12-9-6-3)79-73(76)67-64-61-58-55-52-49-46-43-40-37-34-32-29-26-23-20-17-14-11-8-5-2/h7-8,10-11,16-21,25-30,33-35,37-39,70H,4-6,9,12-15,22-24,31-32,36,40-69H2,1-3H3/b10-7-,11-8-,19-16-,20-17-,21-18-,28-25-,29-26-,30-27-,35-33-,37-34-,39-38-. The van der Waals surface area contributed by atoms with E-state index in [1.807, 2.05) is 0 Å². The van der Waals surface area contributed by atoms with Gasteiger partial charge in [-0.3, -0.25) is 14.4 Å². The van der Waals surface area contributed by atoms with Crippen LogP contribution in [0.1, 0.15) is 290 Å². The molecule has 0 aliphatic carbocycles. The SMILES string of the molecule is CC/C=C\C/C=C\C/C=C\C/C=C\C/C=C\CCCCCCCCCC(=O)OCC(COC(=O)CCCCCCCCC/C=C\C/C=C\CCCCC)OC(=O)CCCCCCCCCC/C=C\C/C=C\C/C=C\C/C=C\CC. The van der Waals surface area contributed by atoms with E-state index in [4.69, 9.17) is 14.2 Å². The molecule has 0 amide bonds. The minimum atomic E-state index is -0.798. The Morgan fingerprint density at radius 3 is 0.772 bits per heavy atom. The Bertz CT molecular complexity index is 1680. The van der Waals surface area contributed by atoms with Crippen molar-refractivity contribution in [2.24, 2.45) is 0 Å². The molecule has 0 radical (unpaired) electrons. The monoisotopic (exact) mass is 1090 g/mol. The molecule has 0 rings (SSSR count). The Balaban J connectivity index is 4.45. The van der Waals surface area contributed by atoms with Crippen LogP contribution < -0.4 is 0 Å². The molecule has 0 heterocycles. The lowest BCUT2D eigenvalue weighted by Crippen LogP contribution is -2.30. The van der Waals surface area contributed by atoms with E-state index in [1.165, 1.54) is 109 Å². The van der Waals surface area contributed by atoms with Crippen LogP contribution >= 0.6 is 0 Å². The Labute approximate surface area is 487 Å². The summed E-state index contributed by atoms with van der Waals surface area (Å²) < 4.78 is 16.9. The van der Waals surface area contributed by atoms with Gasteiger partial charge in [-0.1, -0.05) is 270 Å². The number of ether oxygens (including phenoxy) is 3. The molecular formula is C73H120O6. The Kier molecular flexibility index (Phi) is 62.3. The van der Waals surface area contributed by atoms with Gasteiger partial charge >= 0.3 is 17.9 Å². The quantitative estimate of drug-likeness (QED) is 0.0261. The number of carbonyl (C=O) groups is 3. The smallest absolute Gasteiger partial charge is 0.306 e. The lowest BCUT2D eigenvalue weighted by molar-refractivity contribution is -0.167. The second-order valence-electron chi connectivity index (χ2n) is 21.3. The van der Waals surface area contributed by atoms with Crippen LogP contribution in [0.4, 0.5) is 0 Å². The first kappa shape index (κ1) is 74.5. The van der Waals surface area contributed by atoms with Crippen molar-refractivity contribution in [3.63, 3.8) is 0 Å². The first-order chi connectivity index (χ1) is 39.0. The topological polar surface area (TPSA) is 78.9 Å². The van der Waals surface area contributed by atoms with E-state index in [1.54, 1.807) is 0 Å². The van der Waals surface area contributed by atoms with Crippen LogP contribution in [0, 0.1) is 0 Å². The molecule has 1 unspecified atom stereocenters. The van der Waals surface area contributed by atoms with Crippen LogP contribution in [0.5, 0.6) is 0 Å². The van der Waals surface area contributed by atoms with Gasteiger partial charge in [-0.25, -0.2) is 0 Å². The molecule has 0 aromatic carbocycles. The van der Waals surface area contributed by atoms with Gasteiger partial charge in [0, 0.05) is 19.3 Å². The lowest BCUT2D eigenvalue weighted by Gasteiger charge is -2.18. The fourth-order valence-corrected chi connectivity index (χ4v) is 8.79. The van der Waals surface area contributed by atoms with Crippen LogP contribution in [-0.2, 0) is 28.6 Å². The van der Waals surface area contributed by atoms with E-state index in [-0.39, 0.29) is 31.1 Å². The first-order valence-corrected chi connectivity index (χ1v) is 32.7. The average molecular weight is 1090 g/mol. The van der Waals surface area contributed by atoms with Crippen LogP contribution in [0.3, 0.4) is 0 Å². The summed E-state index contributed by atoms with van der Waals surface area (Å²) in [5.74, 6) is -0.914. The fourth-order valence-electron chi connectivity index (χ4n) is 8.79. The summed E-state index contributed by atoms with van der Waals surface area (Å²) in [5, 5.41) is 0. The zero-order valence-corrected chi connectivity index (χ0v) is 51.3. The summed E-state index contributed by atoms with van der Waals surface area (Å²) in [4.78, 5) is 38.4. The number of allylic oxidation sites excluding steroid dienone is 22. The number of unbranched alkanes of at least 4 members (excludes halogenated alkanes) is 25. The van der Waals surface area contributed by atoms with Crippen LogP contribution in [-0.4, -0.2) is 37.2 Å². The molecule has 0 fully saturated rings. The summed E-state index contributed by atoms with van der Waals surface area (Å²) in [7, 11) is 0. The Morgan fingerprint density at radius 2 is 0.494 bits per heavy atom. The molecule has 0 aromatic rings. The molecule has 79 heavy (non-hydrogen) atoms. The zero-order valence-electron chi connectivity index (χ0n) is 51.3. The summed E-state index contributed by atoms with van der Waals surface area (Å²) in [6, 6.07) is 0. The van der Waals surface area contributed by atoms with Gasteiger partial charge in [-0.15, -0.1) is 0 Å². The van der Waals surface area contributed by atoms with Crippen molar-refractivity contribution in [2.75, 3.05) is 13.2 Å². The Hall–Kier alpha value is -4.45. The van der Waals surface area contributed by atoms with Crippen LogP contribution in [0.25, 0.3) is 0 Å². The van der Waals surface area contributed by atoms with Crippen LogP contribution in [0.2, 0.25) is 0 Å². The highest BCUT2D eigenvalue weighted by atomic mass is 16.6. The molecule has 1 atom stereocenters. The third-order valence-corrected chi connectivity index (χ3v) is 13.6. The van der Waals surface area contributed by atoms with Gasteiger partial charge in [0.2, 0.25) is 0 Å². The molecule has 0 bridgehead atoms. The molecule has 0 aliphatic rings. The van der Waals surface area contributed by atoms with Crippen molar-refractivity contribution in [3.05, 3.63) is 134 Å². The number of esters is 3. The van der Waals surface area contributed by atoms with Gasteiger partial charge in [0.1, 0.15) is 13.2 Å². The molecule has 6 heteroatoms. The van der Waals surface area contributed by atoms with Gasteiger partial charge in [-0.05, 0) is 135 Å². The predicted molar refractivity (Wildman–Crippen MR) is 343 cm³/mol. The summed E-state index contributed by atoms with van der Waals surface area (Å²) in [5.41, 5.74) is 0. The summed E-state index contributed by atoms with van der Waals surface area (Å²) >= 11 is 0. The molecule has 6 nitrogen and oxygen atoms in total. The van der Waals surface area contributed by atoms with Crippen molar-refractivity contribution >= 4 is 17.9 Å². The number of rotatable bonds is 58. The van der Waals surface area contributed by atoms with Gasteiger partial charge in [0.15, 0.2) is 6.10 Å². The maximum absolute atomic E-state index is 12.9. The van der Waals surface area contributed by atoms with Gasteiger partial charge < -0.3 is 14.2 Å². The van der Waals surface area contributed by atoms with E-state index in [9.17, 15) is 14.4 Å². The Morgan fingerprint density at radius 1 is 0.266 bits per heavy atom. The number of carbonyl (C=O) groups excluding carboxylic acids is 3. The summed E-state index contributed by atoms with van der Waals surface area (Å²) in [6.45, 7) is 6.38. The van der Waals surface area contributed by atoms with Gasteiger partial charge in [0.25, 0.3) is 0 Å². The van der Waals surface area contributed by atoms with E-state index in [0.29, 0.717) is 19.3 Å². The highest BCUT2D eigenvalue weighted by Gasteiger charge is 2.19. The van der Waals surface area contributed by atoms with E-state index in [2.05, 4.69) is 154 Å². The fraction of sp³-hybridized carbons (Fsp3) is 0.658. The maximum Gasteiger partial charge on any atom is 0.306 e. The van der Waals surface area contributed by atoms with E-state index < -0.39 is 6.10 Å². The average Bonchev–Trinajstić information content (AvgIpc) is 3.45. The second kappa shape index (κ2) is 66.1. The lowest BCUT2D eigenvalue weighted by atomic mass is 10.1. The molecule has 0 N–H and O–H groups in total. The molecule has 0 saturated heterocycles. The minimum absolute atomic E-state index is 0.0924. The van der Waals surface area contributed by atoms with Crippen molar-refractivity contribution in [2.45, 2.75) is 297 Å². The third-order valence-electron chi connectivity index (χ3n) is 13.6. The molecule has 0 saturated carbocycles. The van der Waals surface area contributed by atoms with Crippen LogP contribution in [0.15, 0.2) is 134 Å². The van der Waals surface area contributed by atoms with E-state index >= 15 is 0 Å². The highest BCUT2D eigenvalue weighted by Crippen LogP contribution is 2.15. The predicted octanol–water partition coefficient (Wildman–Crippen LogP) is 22.5. The van der Waals surface area contributed by atoms with E-state index in [0.717, 1.165) is 141 Å². The van der Waals surface area contributed by atoms with Crippen molar-refractivity contribution in [1.29, 1.82) is 0 Å². The molecular weight excluding hydrogens is 973 g/mol. The summed E-state index contributed by atoms with van der Waals surface area (Å²) in [6.07, 6.45) is 93.0. The number of hydrogen-bond acceptors (Lipinski definition) is 6. The molecule has 0 aromatic heterocycles. The molecule has 0 aliphatic heterocycles. The van der Waals surface area contributed by atoms with Gasteiger partial charge in [0.05, 0.1) is 0 Å². The largest absolute Gasteiger partial charge is 0.462 e.